The van der Waals surface area contributed by atoms with E-state index in [-0.39, 0.29) is 11.6 Å². The molecule has 3 aromatic carbocycles. The Labute approximate surface area is 174 Å². The van der Waals surface area contributed by atoms with E-state index in [1.54, 1.807) is 0 Å². The summed E-state index contributed by atoms with van der Waals surface area (Å²) in [4.78, 5) is 4.99. The minimum absolute atomic E-state index is 0.122. The zero-order valence-corrected chi connectivity index (χ0v) is 18.2. The number of aliphatic imine (C=N–C) groups is 1. The minimum Gasteiger partial charge on any atom is -0.475 e. The third kappa shape index (κ3) is 4.09. The molecule has 29 heavy (non-hydrogen) atoms. The van der Waals surface area contributed by atoms with Gasteiger partial charge >= 0.3 is 0 Å². The van der Waals surface area contributed by atoms with Crippen molar-refractivity contribution in [2.24, 2.45) is 4.99 Å². The SMILES string of the molecule is CC1CC(C)(C)N=C(C=P(c2ccccc2)(c2ccccc2)c2ccccc2)O1. The van der Waals surface area contributed by atoms with Crippen LogP contribution in [0.5, 0.6) is 0 Å². The van der Waals surface area contributed by atoms with Gasteiger partial charge in [0.2, 0.25) is 5.90 Å². The second-order valence-electron chi connectivity index (χ2n) is 8.25. The quantitative estimate of drug-likeness (QED) is 0.577. The maximum absolute atomic E-state index is 6.26. The summed E-state index contributed by atoms with van der Waals surface area (Å²) in [6.07, 6.45) is 1.08. The molecule has 3 heteroatoms. The van der Waals surface area contributed by atoms with Gasteiger partial charge in [0.15, 0.2) is 0 Å². The fourth-order valence-corrected chi connectivity index (χ4v) is 7.93. The van der Waals surface area contributed by atoms with Crippen molar-refractivity contribution in [2.75, 3.05) is 0 Å². The number of ether oxygens (including phenoxy) is 1. The van der Waals surface area contributed by atoms with E-state index in [2.05, 4.69) is 118 Å². The molecule has 1 heterocycles. The second-order valence-corrected chi connectivity index (χ2v) is 11.5. The molecular weight excluding hydrogens is 373 g/mol. The van der Waals surface area contributed by atoms with E-state index in [1.165, 1.54) is 15.9 Å². The first-order valence-corrected chi connectivity index (χ1v) is 12.0. The van der Waals surface area contributed by atoms with Crippen LogP contribution in [-0.4, -0.2) is 23.3 Å². The van der Waals surface area contributed by atoms with Gasteiger partial charge in [0.05, 0.1) is 11.6 Å². The van der Waals surface area contributed by atoms with Crippen LogP contribution in [0.4, 0.5) is 0 Å². The van der Waals surface area contributed by atoms with Crippen LogP contribution in [0.15, 0.2) is 96.0 Å². The highest BCUT2D eigenvalue weighted by Crippen LogP contribution is 2.44. The first kappa shape index (κ1) is 19.7. The van der Waals surface area contributed by atoms with Gasteiger partial charge < -0.3 is 4.74 Å². The van der Waals surface area contributed by atoms with Crippen molar-refractivity contribution in [3.63, 3.8) is 0 Å². The maximum atomic E-state index is 6.26. The maximum Gasteiger partial charge on any atom is 0.210 e. The largest absolute Gasteiger partial charge is 0.475 e. The number of nitrogens with zero attached hydrogens (tertiary/aromatic N) is 1. The Bertz CT molecular complexity index is 936. The first-order valence-electron chi connectivity index (χ1n) is 10.2. The fraction of sp³-hybridized carbons (Fsp3) is 0.231. The van der Waals surface area contributed by atoms with Crippen molar-refractivity contribution >= 4 is 34.5 Å². The molecule has 2 nitrogen and oxygen atoms in total. The smallest absolute Gasteiger partial charge is 0.210 e. The van der Waals surface area contributed by atoms with Gasteiger partial charge in [-0.3, -0.25) is 0 Å². The molecule has 0 saturated carbocycles. The summed E-state index contributed by atoms with van der Waals surface area (Å²) in [7, 11) is 0. The van der Waals surface area contributed by atoms with Crippen LogP contribution in [0.1, 0.15) is 27.2 Å². The van der Waals surface area contributed by atoms with Gasteiger partial charge in [-0.05, 0) is 43.6 Å². The van der Waals surface area contributed by atoms with Crippen LogP contribution in [0, 0.1) is 0 Å². The molecule has 1 atom stereocenters. The molecule has 0 bridgehead atoms. The normalized spacial score (nSPS) is 18.4. The average Bonchev–Trinajstić information content (AvgIpc) is 2.72. The predicted octanol–water partition coefficient (Wildman–Crippen LogP) is 4.77. The van der Waals surface area contributed by atoms with Gasteiger partial charge in [0.1, 0.15) is 0 Å². The number of benzene rings is 3. The molecular formula is C26H28NOP. The Morgan fingerprint density at radius 1 is 0.793 bits per heavy atom. The molecule has 1 unspecified atom stereocenters. The van der Waals surface area contributed by atoms with E-state index in [0.29, 0.717) is 0 Å². The Hall–Kier alpha value is -2.57. The van der Waals surface area contributed by atoms with E-state index in [9.17, 15) is 0 Å². The topological polar surface area (TPSA) is 21.6 Å². The van der Waals surface area contributed by atoms with Gasteiger partial charge in [-0.15, -0.1) is 0 Å². The van der Waals surface area contributed by atoms with Gasteiger partial charge in [-0.25, -0.2) is 4.99 Å². The summed E-state index contributed by atoms with van der Waals surface area (Å²) < 4.78 is 6.26. The third-order valence-corrected chi connectivity index (χ3v) is 9.26. The van der Waals surface area contributed by atoms with E-state index in [1.807, 2.05) is 0 Å². The average molecular weight is 401 g/mol. The van der Waals surface area contributed by atoms with Crippen LogP contribution < -0.4 is 15.9 Å². The highest BCUT2D eigenvalue weighted by molar-refractivity contribution is 7.95. The Morgan fingerprint density at radius 2 is 1.21 bits per heavy atom. The highest BCUT2D eigenvalue weighted by Gasteiger charge is 2.31. The van der Waals surface area contributed by atoms with Crippen LogP contribution in [-0.2, 0) is 4.74 Å². The van der Waals surface area contributed by atoms with Crippen LogP contribution in [0.3, 0.4) is 0 Å². The molecule has 0 radical (unpaired) electrons. The summed E-state index contributed by atoms with van der Waals surface area (Å²) in [5.41, 5.74) is -0.122. The second kappa shape index (κ2) is 8.05. The zero-order valence-electron chi connectivity index (χ0n) is 17.3. The minimum atomic E-state index is -2.09. The summed E-state index contributed by atoms with van der Waals surface area (Å²) in [6.45, 7) is 4.43. The molecule has 0 fully saturated rings. The summed E-state index contributed by atoms with van der Waals surface area (Å²) in [5.74, 6) is 3.09. The molecule has 0 spiro atoms. The molecule has 0 aliphatic carbocycles. The van der Waals surface area contributed by atoms with E-state index < -0.39 is 6.89 Å². The van der Waals surface area contributed by atoms with Crippen LogP contribution in [0.2, 0.25) is 0 Å². The molecule has 0 saturated heterocycles. The monoisotopic (exact) mass is 401 g/mol. The van der Waals surface area contributed by atoms with Gasteiger partial charge in [0.25, 0.3) is 0 Å². The lowest BCUT2D eigenvalue weighted by molar-refractivity contribution is 0.150. The lowest BCUT2D eigenvalue weighted by Gasteiger charge is -2.33. The van der Waals surface area contributed by atoms with Gasteiger partial charge in [-0.1, -0.05) is 91.0 Å². The van der Waals surface area contributed by atoms with E-state index in [4.69, 9.17) is 9.73 Å². The van der Waals surface area contributed by atoms with E-state index >= 15 is 0 Å². The summed E-state index contributed by atoms with van der Waals surface area (Å²) in [5, 5.41) is 3.92. The molecule has 3 aromatic rings. The standard InChI is InChI=1S/C26H28NOP/c1-21-19-26(2,3)27-25(28-21)20-29(22-13-7-4-8-14-22,23-15-9-5-10-16-23)24-17-11-6-12-18-24/h4-18,20-21H,19H2,1-3H3. The van der Waals surface area contributed by atoms with Crippen LogP contribution >= 0.6 is 6.89 Å². The Kier molecular flexibility index (Phi) is 5.48. The zero-order chi connectivity index (χ0) is 20.3. The molecule has 0 N–H and O–H groups in total. The third-order valence-electron chi connectivity index (χ3n) is 5.32. The predicted molar refractivity (Wildman–Crippen MR) is 128 cm³/mol. The lowest BCUT2D eigenvalue weighted by Crippen LogP contribution is -2.36. The molecule has 1 aliphatic rings. The lowest BCUT2D eigenvalue weighted by atomic mass is 9.97. The van der Waals surface area contributed by atoms with Crippen molar-refractivity contribution in [3.8, 4) is 0 Å². The van der Waals surface area contributed by atoms with Crippen LogP contribution in [0.25, 0.3) is 0 Å². The van der Waals surface area contributed by atoms with E-state index in [0.717, 1.165) is 12.3 Å². The summed E-state index contributed by atoms with van der Waals surface area (Å²) in [6, 6.07) is 32.4. The fourth-order valence-electron chi connectivity index (χ4n) is 4.21. The highest BCUT2D eigenvalue weighted by atomic mass is 31.2. The van der Waals surface area contributed by atoms with Crippen molar-refractivity contribution in [1.29, 1.82) is 0 Å². The molecule has 0 amide bonds. The number of rotatable bonds is 4. The first-order chi connectivity index (χ1) is 14.0. The number of hydrogen-bond acceptors (Lipinski definition) is 2. The molecule has 4 rings (SSSR count). The molecule has 148 valence electrons. The van der Waals surface area contributed by atoms with Gasteiger partial charge in [-0.2, -0.15) is 0 Å². The van der Waals surface area contributed by atoms with Crippen molar-refractivity contribution in [2.45, 2.75) is 38.8 Å². The molecule has 1 aliphatic heterocycles. The van der Waals surface area contributed by atoms with Gasteiger partial charge in [0, 0.05) is 12.2 Å². The molecule has 0 aromatic heterocycles. The van der Waals surface area contributed by atoms with Crippen molar-refractivity contribution in [1.82, 2.24) is 0 Å². The van der Waals surface area contributed by atoms with Crippen molar-refractivity contribution < 1.29 is 4.74 Å². The Balaban J connectivity index is 2.08. The summed E-state index contributed by atoms with van der Waals surface area (Å²) >= 11 is 0. The number of hydrogen-bond donors (Lipinski definition) is 0. The van der Waals surface area contributed by atoms with Crippen molar-refractivity contribution in [3.05, 3.63) is 91.0 Å². The Morgan fingerprint density at radius 3 is 1.59 bits per heavy atom.